The van der Waals surface area contributed by atoms with Gasteiger partial charge in [0, 0.05) is 12.8 Å². The van der Waals surface area contributed by atoms with Gasteiger partial charge < -0.3 is 15.3 Å². The predicted molar refractivity (Wildman–Crippen MR) is 60.0 cm³/mol. The van der Waals surface area contributed by atoms with E-state index in [1.165, 1.54) is 0 Å². The number of hydrogen-bond acceptors (Lipinski definition) is 3. The maximum Gasteiger partial charge on any atom is 0.192 e. The molecule has 0 radical (unpaired) electrons. The normalized spacial score (nSPS) is 19.6. The number of rotatable bonds is 8. The van der Waals surface area contributed by atoms with E-state index in [1.807, 2.05) is 13.8 Å². The summed E-state index contributed by atoms with van der Waals surface area (Å²) in [5.74, 6) is 0. The van der Waals surface area contributed by atoms with Gasteiger partial charge in [0.1, 0.15) is 6.54 Å². The van der Waals surface area contributed by atoms with Gasteiger partial charge >= 0.3 is 0 Å². The molecule has 4 heteroatoms. The van der Waals surface area contributed by atoms with Crippen molar-refractivity contribution in [1.82, 2.24) is 0 Å². The summed E-state index contributed by atoms with van der Waals surface area (Å²) >= 11 is 0. The van der Waals surface area contributed by atoms with Crippen molar-refractivity contribution in [3.05, 3.63) is 0 Å². The average molecular weight is 220 g/mol. The minimum atomic E-state index is -0.594. The van der Waals surface area contributed by atoms with Gasteiger partial charge in [-0.25, -0.2) is 0 Å². The molecule has 15 heavy (non-hydrogen) atoms. The fraction of sp³-hybridized carbons (Fsp3) is 1.00. The Morgan fingerprint density at radius 1 is 1.00 bits per heavy atom. The molecular weight excluding hydrogens is 194 g/mol. The summed E-state index contributed by atoms with van der Waals surface area (Å²) in [5, 5.41) is 29.0. The molecular formula is C11H26NO3+. The Morgan fingerprint density at radius 3 is 1.67 bits per heavy atom. The van der Waals surface area contributed by atoms with Gasteiger partial charge in [-0.3, -0.25) is 4.48 Å². The van der Waals surface area contributed by atoms with Crippen LogP contribution in [-0.4, -0.2) is 52.5 Å². The lowest BCUT2D eigenvalue weighted by Crippen LogP contribution is -2.60. The van der Waals surface area contributed by atoms with E-state index in [-0.39, 0.29) is 11.1 Å². The van der Waals surface area contributed by atoms with Crippen LogP contribution in [0, 0.1) is 0 Å². The minimum Gasteiger partial charge on any atom is -0.391 e. The van der Waals surface area contributed by atoms with Crippen molar-refractivity contribution < 1.29 is 19.8 Å². The van der Waals surface area contributed by atoms with E-state index in [9.17, 15) is 10.2 Å². The van der Waals surface area contributed by atoms with E-state index in [0.29, 0.717) is 19.4 Å². The van der Waals surface area contributed by atoms with Crippen molar-refractivity contribution in [2.75, 3.05) is 20.2 Å². The van der Waals surface area contributed by atoms with Gasteiger partial charge in [-0.05, 0) is 12.8 Å². The van der Waals surface area contributed by atoms with Crippen LogP contribution in [0.5, 0.6) is 0 Å². The highest BCUT2D eigenvalue weighted by molar-refractivity contribution is 4.50. The molecule has 4 nitrogen and oxygen atoms in total. The van der Waals surface area contributed by atoms with Crippen molar-refractivity contribution in [1.29, 1.82) is 0 Å². The molecule has 0 aromatic carbocycles. The van der Waals surface area contributed by atoms with Gasteiger partial charge in [0.05, 0.1) is 13.7 Å². The van der Waals surface area contributed by atoms with Crippen molar-refractivity contribution in [3.8, 4) is 0 Å². The van der Waals surface area contributed by atoms with Gasteiger partial charge in [-0.2, -0.15) is 0 Å². The first-order valence-corrected chi connectivity index (χ1v) is 5.84. The molecule has 2 atom stereocenters. The largest absolute Gasteiger partial charge is 0.391 e. The molecule has 0 amide bonds. The molecule has 0 aromatic rings. The van der Waals surface area contributed by atoms with E-state index in [4.69, 9.17) is 5.11 Å². The standard InChI is InChI=1S/C11H26NO3/c1-4-6-10(14)12(3,8-9-13)11(15)7-5-2/h10-11,13-15H,4-9H2,1-3H3/q+1. The fourth-order valence-corrected chi connectivity index (χ4v) is 1.82. The third-order valence-electron chi connectivity index (χ3n) is 3.04. The van der Waals surface area contributed by atoms with Crippen LogP contribution in [-0.2, 0) is 0 Å². The third-order valence-corrected chi connectivity index (χ3v) is 3.04. The Morgan fingerprint density at radius 2 is 1.40 bits per heavy atom. The lowest BCUT2D eigenvalue weighted by Gasteiger charge is -2.41. The van der Waals surface area contributed by atoms with E-state index < -0.39 is 12.5 Å². The number of nitrogens with zero attached hydrogens (tertiary/aromatic N) is 1. The predicted octanol–water partition coefficient (Wildman–Crippen LogP) is 0.662. The van der Waals surface area contributed by atoms with E-state index in [1.54, 1.807) is 7.05 Å². The van der Waals surface area contributed by atoms with E-state index in [2.05, 4.69) is 0 Å². The monoisotopic (exact) mass is 220 g/mol. The molecule has 0 bridgehead atoms. The lowest BCUT2D eigenvalue weighted by atomic mass is 10.1. The van der Waals surface area contributed by atoms with Crippen molar-refractivity contribution in [2.45, 2.75) is 52.0 Å². The maximum atomic E-state index is 10.00. The Kier molecular flexibility index (Phi) is 7.09. The highest BCUT2D eigenvalue weighted by Gasteiger charge is 2.36. The molecule has 0 aliphatic heterocycles. The Hall–Kier alpha value is -0.160. The first-order chi connectivity index (χ1) is 7.02. The average Bonchev–Trinajstić information content (AvgIpc) is 2.18. The maximum absolute atomic E-state index is 10.00. The van der Waals surface area contributed by atoms with Crippen LogP contribution in [0.1, 0.15) is 39.5 Å². The molecule has 3 N–H and O–H groups in total. The topological polar surface area (TPSA) is 60.7 Å². The first kappa shape index (κ1) is 14.8. The molecule has 92 valence electrons. The molecule has 0 aliphatic carbocycles. The van der Waals surface area contributed by atoms with Gasteiger partial charge in [0.25, 0.3) is 0 Å². The first-order valence-electron chi connectivity index (χ1n) is 5.84. The molecule has 0 heterocycles. The van der Waals surface area contributed by atoms with Crippen molar-refractivity contribution >= 4 is 0 Å². The molecule has 0 aromatic heterocycles. The van der Waals surface area contributed by atoms with Crippen LogP contribution >= 0.6 is 0 Å². The SMILES string of the molecule is CCCC(O)[N+](C)(CCO)C(O)CCC. The van der Waals surface area contributed by atoms with E-state index >= 15 is 0 Å². The molecule has 0 aliphatic rings. The zero-order valence-electron chi connectivity index (χ0n) is 10.2. The van der Waals surface area contributed by atoms with Gasteiger partial charge in [0.15, 0.2) is 12.5 Å². The van der Waals surface area contributed by atoms with Crippen LogP contribution in [0.4, 0.5) is 0 Å². The summed E-state index contributed by atoms with van der Waals surface area (Å²) in [6, 6.07) is 0. The second kappa shape index (κ2) is 7.17. The Balaban J connectivity index is 4.54. The number of quaternary nitrogens is 1. The number of hydrogen-bond donors (Lipinski definition) is 3. The quantitative estimate of drug-likeness (QED) is 0.416. The van der Waals surface area contributed by atoms with Crippen LogP contribution in [0.3, 0.4) is 0 Å². The minimum absolute atomic E-state index is 0.0158. The van der Waals surface area contributed by atoms with Crippen LogP contribution in [0.25, 0.3) is 0 Å². The highest BCUT2D eigenvalue weighted by atomic mass is 16.3. The lowest BCUT2D eigenvalue weighted by molar-refractivity contribution is -0.995. The van der Waals surface area contributed by atoms with E-state index in [0.717, 1.165) is 12.8 Å². The van der Waals surface area contributed by atoms with Gasteiger partial charge in [-0.1, -0.05) is 13.8 Å². The van der Waals surface area contributed by atoms with Gasteiger partial charge in [-0.15, -0.1) is 0 Å². The summed E-state index contributed by atoms with van der Waals surface area (Å²) in [6.07, 6.45) is 1.86. The van der Waals surface area contributed by atoms with Crippen molar-refractivity contribution in [2.24, 2.45) is 0 Å². The second-order valence-electron chi connectivity index (χ2n) is 4.33. The summed E-state index contributed by atoms with van der Waals surface area (Å²) in [5.41, 5.74) is 0. The van der Waals surface area contributed by atoms with Gasteiger partial charge in [0.2, 0.25) is 0 Å². The summed E-state index contributed by atoms with van der Waals surface area (Å²) in [7, 11) is 1.80. The number of aliphatic hydroxyl groups excluding tert-OH is 3. The van der Waals surface area contributed by atoms with Crippen LogP contribution in [0.15, 0.2) is 0 Å². The third kappa shape index (κ3) is 4.07. The summed E-state index contributed by atoms with van der Waals surface area (Å²) in [4.78, 5) is 0. The van der Waals surface area contributed by atoms with Crippen LogP contribution in [0.2, 0.25) is 0 Å². The molecule has 0 saturated heterocycles. The zero-order chi connectivity index (χ0) is 11.9. The Labute approximate surface area is 92.7 Å². The van der Waals surface area contributed by atoms with Crippen LogP contribution < -0.4 is 0 Å². The highest BCUT2D eigenvalue weighted by Crippen LogP contribution is 2.19. The number of likely N-dealkylation sites (N-methyl/N-ethyl adjacent to an activating group) is 1. The molecule has 0 spiro atoms. The second-order valence-corrected chi connectivity index (χ2v) is 4.33. The zero-order valence-corrected chi connectivity index (χ0v) is 10.2. The smallest absolute Gasteiger partial charge is 0.192 e. The molecule has 0 rings (SSSR count). The Bertz CT molecular complexity index is 152. The molecule has 0 fully saturated rings. The summed E-state index contributed by atoms with van der Waals surface area (Å²) in [6.45, 7) is 4.37. The molecule has 2 unspecified atom stereocenters. The van der Waals surface area contributed by atoms with Crippen molar-refractivity contribution in [3.63, 3.8) is 0 Å². The summed E-state index contributed by atoms with van der Waals surface area (Å²) < 4.78 is 0.137. The molecule has 0 saturated carbocycles. The number of aliphatic hydroxyl groups is 3. The fourth-order valence-electron chi connectivity index (χ4n) is 1.82.